The van der Waals surface area contributed by atoms with Crippen LogP contribution < -0.4 is 5.73 Å². The highest BCUT2D eigenvalue weighted by Gasteiger charge is 2.32. The van der Waals surface area contributed by atoms with Crippen molar-refractivity contribution >= 4 is 27.3 Å². The van der Waals surface area contributed by atoms with E-state index in [4.69, 9.17) is 5.73 Å². The first kappa shape index (κ1) is 15.5. The maximum atomic E-state index is 6.45. The Kier molecular flexibility index (Phi) is 5.87. The number of rotatable bonds is 6. The van der Waals surface area contributed by atoms with Gasteiger partial charge in [0.25, 0.3) is 0 Å². The first-order valence-corrected chi connectivity index (χ1v) is 9.04. The predicted octanol–water partition coefficient (Wildman–Crippen LogP) is 4.55. The SMILES string of the molecule is CCC(N)C(c1ccc(Br)s1)N(CC)C1CCCC1. The van der Waals surface area contributed by atoms with Crippen molar-refractivity contribution in [3.05, 3.63) is 20.8 Å². The molecular weight excluding hydrogens is 320 g/mol. The Balaban J connectivity index is 2.24. The van der Waals surface area contributed by atoms with Crippen LogP contribution in [0.2, 0.25) is 0 Å². The third-order valence-corrected chi connectivity index (χ3v) is 5.97. The minimum Gasteiger partial charge on any atom is -0.326 e. The van der Waals surface area contributed by atoms with Crippen LogP contribution >= 0.6 is 27.3 Å². The summed E-state index contributed by atoms with van der Waals surface area (Å²) in [5.74, 6) is 0. The second kappa shape index (κ2) is 7.21. The molecule has 0 saturated heterocycles. The highest BCUT2D eigenvalue weighted by molar-refractivity contribution is 9.11. The van der Waals surface area contributed by atoms with Crippen molar-refractivity contribution in [1.82, 2.24) is 4.90 Å². The summed E-state index contributed by atoms with van der Waals surface area (Å²) >= 11 is 5.42. The van der Waals surface area contributed by atoms with Crippen molar-refractivity contribution in [3.63, 3.8) is 0 Å². The lowest BCUT2D eigenvalue weighted by Gasteiger charge is -2.38. The van der Waals surface area contributed by atoms with Crippen molar-refractivity contribution < 1.29 is 0 Å². The fraction of sp³-hybridized carbons (Fsp3) is 0.733. The van der Waals surface area contributed by atoms with Gasteiger partial charge in [-0.3, -0.25) is 4.90 Å². The summed E-state index contributed by atoms with van der Waals surface area (Å²) in [5, 5.41) is 0. The Morgan fingerprint density at radius 3 is 2.53 bits per heavy atom. The Hall–Kier alpha value is 0.1000. The molecule has 0 aliphatic heterocycles. The van der Waals surface area contributed by atoms with E-state index in [1.165, 1.54) is 34.3 Å². The molecule has 0 radical (unpaired) electrons. The number of thiophene rings is 1. The van der Waals surface area contributed by atoms with Gasteiger partial charge >= 0.3 is 0 Å². The van der Waals surface area contributed by atoms with Gasteiger partial charge in [-0.15, -0.1) is 11.3 Å². The number of nitrogens with zero attached hydrogens (tertiary/aromatic N) is 1. The molecule has 1 aromatic rings. The summed E-state index contributed by atoms with van der Waals surface area (Å²) in [7, 11) is 0. The maximum Gasteiger partial charge on any atom is 0.0702 e. The van der Waals surface area contributed by atoms with E-state index < -0.39 is 0 Å². The smallest absolute Gasteiger partial charge is 0.0702 e. The Morgan fingerprint density at radius 2 is 2.05 bits per heavy atom. The molecule has 2 N–H and O–H groups in total. The molecule has 19 heavy (non-hydrogen) atoms. The topological polar surface area (TPSA) is 29.3 Å². The number of likely N-dealkylation sites (N-methyl/N-ethyl adjacent to an activating group) is 1. The molecule has 1 fully saturated rings. The van der Waals surface area contributed by atoms with Gasteiger partial charge in [0.05, 0.1) is 9.83 Å². The summed E-state index contributed by atoms with van der Waals surface area (Å²) in [6.07, 6.45) is 6.47. The van der Waals surface area contributed by atoms with Crippen LogP contribution in [0.15, 0.2) is 15.9 Å². The number of nitrogens with two attached hydrogens (primary N) is 1. The average Bonchev–Trinajstić information content (AvgIpc) is 3.06. The lowest BCUT2D eigenvalue weighted by Crippen LogP contribution is -2.44. The van der Waals surface area contributed by atoms with Crippen LogP contribution in [0.1, 0.15) is 56.9 Å². The van der Waals surface area contributed by atoms with Gasteiger partial charge in [0, 0.05) is 17.0 Å². The summed E-state index contributed by atoms with van der Waals surface area (Å²) in [4.78, 5) is 4.06. The van der Waals surface area contributed by atoms with Crippen LogP contribution in [0.3, 0.4) is 0 Å². The predicted molar refractivity (Wildman–Crippen MR) is 87.7 cm³/mol. The fourth-order valence-corrected chi connectivity index (χ4v) is 4.87. The summed E-state index contributed by atoms with van der Waals surface area (Å²) in [6.45, 7) is 5.57. The van der Waals surface area contributed by atoms with Crippen LogP contribution in [0.4, 0.5) is 0 Å². The molecule has 4 heteroatoms. The van der Waals surface area contributed by atoms with E-state index in [0.717, 1.165) is 19.0 Å². The van der Waals surface area contributed by atoms with Crippen LogP contribution in [0, 0.1) is 0 Å². The molecule has 0 amide bonds. The zero-order valence-electron chi connectivity index (χ0n) is 11.9. The standard InChI is InChI=1S/C15H25BrN2S/c1-3-12(17)15(13-9-10-14(16)19-13)18(4-2)11-7-5-6-8-11/h9-12,15H,3-8,17H2,1-2H3. The van der Waals surface area contributed by atoms with E-state index in [9.17, 15) is 0 Å². The monoisotopic (exact) mass is 344 g/mol. The Labute approximate surface area is 129 Å². The highest BCUT2D eigenvalue weighted by Crippen LogP contribution is 2.37. The normalized spacial score (nSPS) is 20.1. The van der Waals surface area contributed by atoms with Crippen molar-refractivity contribution in [2.24, 2.45) is 5.73 Å². The van der Waals surface area contributed by atoms with Gasteiger partial charge < -0.3 is 5.73 Å². The van der Waals surface area contributed by atoms with E-state index in [1.54, 1.807) is 0 Å². The molecule has 1 heterocycles. The van der Waals surface area contributed by atoms with Gasteiger partial charge in [-0.05, 0) is 53.9 Å². The molecule has 2 atom stereocenters. The lowest BCUT2D eigenvalue weighted by atomic mass is 10.0. The van der Waals surface area contributed by atoms with Gasteiger partial charge in [-0.1, -0.05) is 26.7 Å². The number of halogens is 1. The van der Waals surface area contributed by atoms with Crippen LogP contribution in [0.5, 0.6) is 0 Å². The Bertz CT molecular complexity index is 387. The van der Waals surface area contributed by atoms with Gasteiger partial charge in [-0.2, -0.15) is 0 Å². The third kappa shape index (κ3) is 3.60. The second-order valence-electron chi connectivity index (χ2n) is 5.43. The minimum absolute atomic E-state index is 0.228. The zero-order chi connectivity index (χ0) is 13.8. The van der Waals surface area contributed by atoms with E-state index >= 15 is 0 Å². The van der Waals surface area contributed by atoms with Crippen molar-refractivity contribution in [2.45, 2.75) is 64.1 Å². The molecule has 2 unspecified atom stereocenters. The molecular formula is C15H25BrN2S. The van der Waals surface area contributed by atoms with Crippen LogP contribution in [-0.2, 0) is 0 Å². The van der Waals surface area contributed by atoms with E-state index in [1.807, 2.05) is 11.3 Å². The fourth-order valence-electron chi connectivity index (χ4n) is 3.25. The molecule has 108 valence electrons. The van der Waals surface area contributed by atoms with Crippen LogP contribution in [-0.4, -0.2) is 23.5 Å². The van der Waals surface area contributed by atoms with E-state index in [0.29, 0.717) is 6.04 Å². The van der Waals surface area contributed by atoms with Crippen LogP contribution in [0.25, 0.3) is 0 Å². The highest BCUT2D eigenvalue weighted by atomic mass is 79.9. The number of hydrogen-bond acceptors (Lipinski definition) is 3. The molecule has 1 aromatic heterocycles. The van der Waals surface area contributed by atoms with E-state index in [2.05, 4.69) is 46.8 Å². The largest absolute Gasteiger partial charge is 0.326 e. The van der Waals surface area contributed by atoms with Crippen molar-refractivity contribution in [2.75, 3.05) is 6.54 Å². The number of hydrogen-bond donors (Lipinski definition) is 1. The quantitative estimate of drug-likeness (QED) is 0.819. The summed E-state index contributed by atoms with van der Waals surface area (Å²) in [6, 6.07) is 5.73. The molecule has 1 saturated carbocycles. The molecule has 0 spiro atoms. The first-order valence-electron chi connectivity index (χ1n) is 7.43. The Morgan fingerprint density at radius 1 is 1.37 bits per heavy atom. The summed E-state index contributed by atoms with van der Waals surface area (Å²) < 4.78 is 1.21. The van der Waals surface area contributed by atoms with Gasteiger partial charge in [0.2, 0.25) is 0 Å². The molecule has 2 nitrogen and oxygen atoms in total. The van der Waals surface area contributed by atoms with Gasteiger partial charge in [-0.25, -0.2) is 0 Å². The molecule has 1 aliphatic carbocycles. The second-order valence-corrected chi connectivity index (χ2v) is 7.92. The molecule has 1 aliphatic rings. The molecule has 0 aromatic carbocycles. The van der Waals surface area contributed by atoms with Crippen molar-refractivity contribution in [1.29, 1.82) is 0 Å². The summed E-state index contributed by atoms with van der Waals surface area (Å²) in [5.41, 5.74) is 6.45. The molecule has 0 bridgehead atoms. The average molecular weight is 345 g/mol. The van der Waals surface area contributed by atoms with Gasteiger partial charge in [0.1, 0.15) is 0 Å². The minimum atomic E-state index is 0.228. The van der Waals surface area contributed by atoms with E-state index in [-0.39, 0.29) is 6.04 Å². The lowest BCUT2D eigenvalue weighted by molar-refractivity contribution is 0.124. The zero-order valence-corrected chi connectivity index (χ0v) is 14.3. The maximum absolute atomic E-state index is 6.45. The van der Waals surface area contributed by atoms with Gasteiger partial charge in [0.15, 0.2) is 0 Å². The first-order chi connectivity index (χ1) is 9.17. The van der Waals surface area contributed by atoms with Crippen molar-refractivity contribution in [3.8, 4) is 0 Å². The third-order valence-electron chi connectivity index (χ3n) is 4.28. The molecule has 2 rings (SSSR count).